The molecule has 0 unspecified atom stereocenters. The summed E-state index contributed by atoms with van der Waals surface area (Å²) in [6.45, 7) is 1.76. The number of hydrogen-bond donors (Lipinski definition) is 0. The van der Waals surface area contributed by atoms with Crippen LogP contribution >= 0.6 is 0 Å². The number of carbonyl (C=O) groups is 2. The van der Waals surface area contributed by atoms with Gasteiger partial charge in [0, 0.05) is 5.56 Å². The molecule has 1 rings (SSSR count). The lowest BCUT2D eigenvalue weighted by molar-refractivity contribution is 0.0597. The van der Waals surface area contributed by atoms with Crippen molar-refractivity contribution in [2.24, 2.45) is 0 Å². The van der Waals surface area contributed by atoms with Gasteiger partial charge in [0.2, 0.25) is 0 Å². The van der Waals surface area contributed by atoms with E-state index in [1.54, 1.807) is 25.1 Å². The van der Waals surface area contributed by atoms with Crippen molar-refractivity contribution in [2.75, 3.05) is 7.11 Å². The van der Waals surface area contributed by atoms with Crippen LogP contribution in [-0.2, 0) is 4.74 Å². The van der Waals surface area contributed by atoms with E-state index in [-0.39, 0.29) is 0 Å². The Morgan fingerprint density at radius 2 is 2.15 bits per heavy atom. The van der Waals surface area contributed by atoms with Gasteiger partial charge < -0.3 is 4.74 Å². The second kappa shape index (κ2) is 3.85. The van der Waals surface area contributed by atoms with E-state index in [1.807, 2.05) is 0 Å². The van der Waals surface area contributed by atoms with Crippen LogP contribution in [0.4, 0.5) is 0 Å². The van der Waals surface area contributed by atoms with Crippen LogP contribution in [0, 0.1) is 6.92 Å². The van der Waals surface area contributed by atoms with Crippen molar-refractivity contribution in [3.05, 3.63) is 34.9 Å². The molecule has 0 aliphatic carbocycles. The summed E-state index contributed by atoms with van der Waals surface area (Å²) in [4.78, 5) is 21.8. The van der Waals surface area contributed by atoms with Gasteiger partial charge in [0.15, 0.2) is 6.29 Å². The van der Waals surface area contributed by atoms with Crippen molar-refractivity contribution >= 4 is 12.3 Å². The van der Waals surface area contributed by atoms with E-state index in [1.165, 1.54) is 7.11 Å². The normalized spacial score (nSPS) is 9.38. The quantitative estimate of drug-likeness (QED) is 0.510. The van der Waals surface area contributed by atoms with Crippen molar-refractivity contribution < 1.29 is 14.3 Å². The molecule has 0 heterocycles. The lowest BCUT2D eigenvalue weighted by Crippen LogP contribution is -2.07. The topological polar surface area (TPSA) is 43.4 Å². The predicted molar refractivity (Wildman–Crippen MR) is 47.9 cm³/mol. The van der Waals surface area contributed by atoms with Gasteiger partial charge in [-0.05, 0) is 12.5 Å². The molecule has 0 saturated heterocycles. The third-order valence-electron chi connectivity index (χ3n) is 1.82. The summed E-state index contributed by atoms with van der Waals surface area (Å²) in [6.07, 6.45) is 0.652. The Hall–Kier alpha value is -1.64. The van der Waals surface area contributed by atoms with E-state index in [2.05, 4.69) is 4.74 Å². The van der Waals surface area contributed by atoms with Gasteiger partial charge in [0.05, 0.1) is 12.7 Å². The van der Waals surface area contributed by atoms with Crippen molar-refractivity contribution in [2.45, 2.75) is 6.92 Å². The van der Waals surface area contributed by atoms with Crippen LogP contribution in [0.15, 0.2) is 18.2 Å². The molecule has 0 atom stereocenters. The van der Waals surface area contributed by atoms with E-state index in [0.29, 0.717) is 17.4 Å². The summed E-state index contributed by atoms with van der Waals surface area (Å²) in [6, 6.07) is 5.08. The number of benzene rings is 1. The van der Waals surface area contributed by atoms with Crippen molar-refractivity contribution in [1.29, 1.82) is 0 Å². The predicted octanol–water partition coefficient (Wildman–Crippen LogP) is 1.59. The van der Waals surface area contributed by atoms with Gasteiger partial charge in [-0.15, -0.1) is 0 Å². The highest BCUT2D eigenvalue weighted by molar-refractivity contribution is 5.99. The minimum Gasteiger partial charge on any atom is -0.465 e. The zero-order valence-corrected chi connectivity index (χ0v) is 7.53. The fourth-order valence-electron chi connectivity index (χ4n) is 1.17. The molecule has 0 bridgehead atoms. The third-order valence-corrected chi connectivity index (χ3v) is 1.82. The molecule has 1 aromatic carbocycles. The fourth-order valence-corrected chi connectivity index (χ4v) is 1.17. The maximum atomic E-state index is 11.2. The summed E-state index contributed by atoms with van der Waals surface area (Å²) in [5, 5.41) is 0. The largest absolute Gasteiger partial charge is 0.465 e. The van der Waals surface area contributed by atoms with Crippen LogP contribution in [0.3, 0.4) is 0 Å². The van der Waals surface area contributed by atoms with Gasteiger partial charge in [0.25, 0.3) is 0 Å². The van der Waals surface area contributed by atoms with Gasteiger partial charge in [0.1, 0.15) is 0 Å². The maximum Gasteiger partial charge on any atom is 0.338 e. The van der Waals surface area contributed by atoms with Gasteiger partial charge >= 0.3 is 5.97 Å². The average molecular weight is 178 g/mol. The van der Waals surface area contributed by atoms with Crippen LogP contribution in [0.5, 0.6) is 0 Å². The first-order chi connectivity index (χ1) is 6.20. The summed E-state index contributed by atoms with van der Waals surface area (Å²) < 4.78 is 4.56. The molecule has 0 N–H and O–H groups in total. The number of esters is 1. The molecular formula is C10H10O3. The first-order valence-electron chi connectivity index (χ1n) is 3.83. The standard InChI is InChI=1S/C10H10O3/c1-7-4-3-5-8(6-11)9(7)10(12)13-2/h3-6H,1-2H3. The van der Waals surface area contributed by atoms with Crippen LogP contribution in [0.2, 0.25) is 0 Å². The van der Waals surface area contributed by atoms with E-state index in [9.17, 15) is 9.59 Å². The minimum absolute atomic E-state index is 0.347. The van der Waals surface area contributed by atoms with Crippen molar-refractivity contribution in [3.8, 4) is 0 Å². The second-order valence-electron chi connectivity index (χ2n) is 2.65. The lowest BCUT2D eigenvalue weighted by atomic mass is 10.0. The van der Waals surface area contributed by atoms with Gasteiger partial charge in [-0.2, -0.15) is 0 Å². The third kappa shape index (κ3) is 1.75. The molecule has 0 fully saturated rings. The molecular weight excluding hydrogens is 168 g/mol. The lowest BCUT2D eigenvalue weighted by Gasteiger charge is -2.05. The second-order valence-corrected chi connectivity index (χ2v) is 2.65. The first kappa shape index (κ1) is 9.45. The molecule has 1 aromatic rings. The Bertz CT molecular complexity index is 342. The van der Waals surface area contributed by atoms with Crippen LogP contribution in [-0.4, -0.2) is 19.4 Å². The molecule has 0 radical (unpaired) electrons. The molecule has 68 valence electrons. The van der Waals surface area contributed by atoms with Crippen molar-refractivity contribution in [3.63, 3.8) is 0 Å². The van der Waals surface area contributed by atoms with Crippen LogP contribution in [0.1, 0.15) is 26.3 Å². The molecule has 0 amide bonds. The van der Waals surface area contributed by atoms with Crippen LogP contribution < -0.4 is 0 Å². The van der Waals surface area contributed by atoms with Gasteiger partial charge in [-0.25, -0.2) is 4.79 Å². The number of methoxy groups -OCH3 is 1. The number of hydrogen-bond acceptors (Lipinski definition) is 3. The number of ether oxygens (including phenoxy) is 1. The zero-order chi connectivity index (χ0) is 9.84. The number of aryl methyl sites for hydroxylation is 1. The molecule has 3 heteroatoms. The smallest absolute Gasteiger partial charge is 0.338 e. The molecule has 13 heavy (non-hydrogen) atoms. The summed E-state index contributed by atoms with van der Waals surface area (Å²) in [5.41, 5.74) is 1.46. The van der Waals surface area contributed by atoms with E-state index in [0.717, 1.165) is 5.56 Å². The SMILES string of the molecule is COC(=O)c1c(C)cccc1C=O. The van der Waals surface area contributed by atoms with Gasteiger partial charge in [-0.3, -0.25) is 4.79 Å². The molecule has 0 saturated carbocycles. The summed E-state index contributed by atoms with van der Waals surface area (Å²) >= 11 is 0. The summed E-state index contributed by atoms with van der Waals surface area (Å²) in [5.74, 6) is -0.472. The molecule has 0 aliphatic rings. The highest BCUT2D eigenvalue weighted by Gasteiger charge is 2.13. The van der Waals surface area contributed by atoms with Crippen molar-refractivity contribution in [1.82, 2.24) is 0 Å². The minimum atomic E-state index is -0.472. The molecule has 0 aromatic heterocycles. The summed E-state index contributed by atoms with van der Waals surface area (Å²) in [7, 11) is 1.29. The van der Waals surface area contributed by atoms with E-state index >= 15 is 0 Å². The fraction of sp³-hybridized carbons (Fsp3) is 0.200. The molecule has 0 aliphatic heterocycles. The maximum absolute atomic E-state index is 11.2. The van der Waals surface area contributed by atoms with Crippen LogP contribution in [0.25, 0.3) is 0 Å². The number of aldehydes is 1. The highest BCUT2D eigenvalue weighted by atomic mass is 16.5. The van der Waals surface area contributed by atoms with Gasteiger partial charge in [-0.1, -0.05) is 18.2 Å². The molecule has 0 spiro atoms. The van der Waals surface area contributed by atoms with E-state index < -0.39 is 5.97 Å². The average Bonchev–Trinajstić information content (AvgIpc) is 2.16. The highest BCUT2D eigenvalue weighted by Crippen LogP contribution is 2.13. The Labute approximate surface area is 76.3 Å². The Kier molecular flexibility index (Phi) is 2.80. The number of carbonyl (C=O) groups excluding carboxylic acids is 2. The molecule has 3 nitrogen and oxygen atoms in total. The Morgan fingerprint density at radius 3 is 2.69 bits per heavy atom. The first-order valence-corrected chi connectivity index (χ1v) is 3.83. The Morgan fingerprint density at radius 1 is 1.46 bits per heavy atom. The zero-order valence-electron chi connectivity index (χ0n) is 7.53. The monoisotopic (exact) mass is 178 g/mol. The van der Waals surface area contributed by atoms with E-state index in [4.69, 9.17) is 0 Å². The number of rotatable bonds is 2. The Balaban J connectivity index is 3.30.